The van der Waals surface area contributed by atoms with Crippen molar-refractivity contribution in [1.82, 2.24) is 4.98 Å². The Hall–Kier alpha value is -3.00. The molecule has 0 N–H and O–H groups in total. The molecule has 1 heterocycles. The average Bonchev–Trinajstić information content (AvgIpc) is 2.71. The molecule has 5 rings (SSSR count). The molecule has 2 heteroatoms. The Morgan fingerprint density at radius 1 is 0.889 bits per heavy atom. The van der Waals surface area contributed by atoms with Crippen LogP contribution in [0.2, 0.25) is 0 Å². The summed E-state index contributed by atoms with van der Waals surface area (Å²) >= 11 is 0. The van der Waals surface area contributed by atoms with Crippen molar-refractivity contribution >= 4 is 17.4 Å². The third-order valence-electron chi connectivity index (χ3n) is 6.02. The summed E-state index contributed by atoms with van der Waals surface area (Å²) in [6.45, 7) is 4.07. The Balaban J connectivity index is 1.79. The normalized spacial score (nSPS) is 16.8. The number of ketones is 1. The standard InChI is InChI=1S/C25H21NO/c1-25(2)22-13-12-18-17-8-4-3-7-16(17)10-11-19(18)20(22)15-21(24(25)27)23-9-5-6-14-26-23/h3-9,12-15H,10-11H2,1-2H3. The number of aryl methyl sites for hydroxylation is 1. The molecule has 0 saturated heterocycles. The third-order valence-corrected chi connectivity index (χ3v) is 6.02. The molecule has 0 unspecified atom stereocenters. The fourth-order valence-electron chi connectivity index (χ4n) is 4.54. The summed E-state index contributed by atoms with van der Waals surface area (Å²) in [4.78, 5) is 17.7. The number of hydrogen-bond donors (Lipinski definition) is 0. The van der Waals surface area contributed by atoms with Gasteiger partial charge < -0.3 is 0 Å². The van der Waals surface area contributed by atoms with Gasteiger partial charge in [-0.05, 0) is 78.3 Å². The van der Waals surface area contributed by atoms with Crippen molar-refractivity contribution in [2.24, 2.45) is 0 Å². The molecule has 0 amide bonds. The lowest BCUT2D eigenvalue weighted by atomic mass is 9.68. The summed E-state index contributed by atoms with van der Waals surface area (Å²) in [5.74, 6) is 0.143. The first kappa shape index (κ1) is 16.2. The molecule has 2 aromatic carbocycles. The van der Waals surface area contributed by atoms with Crippen LogP contribution in [0.25, 0.3) is 22.8 Å². The number of Topliss-reactive ketones (excluding diaryl/α,β-unsaturated/α-hetero) is 1. The minimum absolute atomic E-state index is 0.143. The van der Waals surface area contributed by atoms with Crippen LogP contribution in [0.5, 0.6) is 0 Å². The quantitative estimate of drug-likeness (QED) is 0.599. The minimum Gasteiger partial charge on any atom is -0.293 e. The Bertz CT molecular complexity index is 1110. The van der Waals surface area contributed by atoms with Crippen molar-refractivity contribution in [3.8, 4) is 11.1 Å². The third kappa shape index (κ3) is 2.33. The number of pyridine rings is 1. The van der Waals surface area contributed by atoms with E-state index in [1.807, 2.05) is 32.0 Å². The lowest BCUT2D eigenvalue weighted by Gasteiger charge is -2.34. The predicted octanol–water partition coefficient (Wildman–Crippen LogP) is 5.25. The lowest BCUT2D eigenvalue weighted by molar-refractivity contribution is -0.117. The lowest BCUT2D eigenvalue weighted by Crippen LogP contribution is -2.34. The molecule has 1 aromatic heterocycles. The molecule has 0 aliphatic heterocycles. The van der Waals surface area contributed by atoms with Crippen molar-refractivity contribution in [1.29, 1.82) is 0 Å². The van der Waals surface area contributed by atoms with E-state index >= 15 is 0 Å². The summed E-state index contributed by atoms with van der Waals surface area (Å²) in [5, 5.41) is 0. The molecule has 0 fully saturated rings. The summed E-state index contributed by atoms with van der Waals surface area (Å²) in [7, 11) is 0. The first-order valence-electron chi connectivity index (χ1n) is 9.50. The Morgan fingerprint density at radius 2 is 1.70 bits per heavy atom. The Kier molecular flexibility index (Phi) is 3.45. The van der Waals surface area contributed by atoms with Gasteiger partial charge in [0.05, 0.1) is 11.1 Å². The Labute approximate surface area is 159 Å². The highest BCUT2D eigenvalue weighted by Gasteiger charge is 2.39. The molecule has 27 heavy (non-hydrogen) atoms. The Morgan fingerprint density at radius 3 is 2.52 bits per heavy atom. The van der Waals surface area contributed by atoms with Gasteiger partial charge in [0.25, 0.3) is 0 Å². The highest BCUT2D eigenvalue weighted by molar-refractivity contribution is 6.30. The fourth-order valence-corrected chi connectivity index (χ4v) is 4.54. The number of allylic oxidation sites excluding steroid dienone is 1. The summed E-state index contributed by atoms with van der Waals surface area (Å²) in [5.41, 5.74) is 8.67. The molecule has 3 aromatic rings. The molecule has 0 spiro atoms. The number of hydrogen-bond acceptors (Lipinski definition) is 2. The zero-order valence-corrected chi connectivity index (χ0v) is 15.6. The van der Waals surface area contributed by atoms with Crippen LogP contribution in [0.1, 0.15) is 41.8 Å². The van der Waals surface area contributed by atoms with Crippen molar-refractivity contribution in [2.45, 2.75) is 32.1 Å². The largest absolute Gasteiger partial charge is 0.293 e. The monoisotopic (exact) mass is 351 g/mol. The fraction of sp³-hybridized carbons (Fsp3) is 0.200. The highest BCUT2D eigenvalue weighted by atomic mass is 16.1. The van der Waals surface area contributed by atoms with Crippen LogP contribution in [-0.2, 0) is 23.1 Å². The predicted molar refractivity (Wildman–Crippen MR) is 109 cm³/mol. The maximum Gasteiger partial charge on any atom is 0.175 e. The van der Waals surface area contributed by atoms with Crippen LogP contribution in [0, 0.1) is 0 Å². The van der Waals surface area contributed by atoms with E-state index in [9.17, 15) is 4.79 Å². The second-order valence-electron chi connectivity index (χ2n) is 7.94. The van der Waals surface area contributed by atoms with Gasteiger partial charge in [-0.1, -0.05) is 42.5 Å². The molecule has 0 bridgehead atoms. The highest BCUT2D eigenvalue weighted by Crippen LogP contribution is 2.45. The molecule has 0 atom stereocenters. The number of carbonyl (C=O) groups is 1. The molecule has 2 aliphatic carbocycles. The molecule has 132 valence electrons. The first-order valence-corrected chi connectivity index (χ1v) is 9.50. The van der Waals surface area contributed by atoms with Crippen LogP contribution in [0.4, 0.5) is 0 Å². The average molecular weight is 351 g/mol. The van der Waals surface area contributed by atoms with E-state index in [4.69, 9.17) is 0 Å². The minimum atomic E-state index is -0.553. The smallest absolute Gasteiger partial charge is 0.175 e. The summed E-state index contributed by atoms with van der Waals surface area (Å²) in [6, 6.07) is 18.8. The van der Waals surface area contributed by atoms with Crippen LogP contribution in [0.15, 0.2) is 60.8 Å². The maximum atomic E-state index is 13.3. The van der Waals surface area contributed by atoms with Gasteiger partial charge in [0, 0.05) is 11.8 Å². The topological polar surface area (TPSA) is 30.0 Å². The first-order chi connectivity index (χ1) is 13.1. The van der Waals surface area contributed by atoms with Crippen molar-refractivity contribution < 1.29 is 4.79 Å². The van der Waals surface area contributed by atoms with Crippen LogP contribution >= 0.6 is 0 Å². The van der Waals surface area contributed by atoms with E-state index in [1.54, 1.807) is 6.20 Å². The van der Waals surface area contributed by atoms with Crippen LogP contribution in [-0.4, -0.2) is 10.8 Å². The second kappa shape index (κ2) is 5.75. The number of aromatic nitrogens is 1. The van der Waals surface area contributed by atoms with Gasteiger partial charge in [-0.15, -0.1) is 0 Å². The van der Waals surface area contributed by atoms with E-state index in [-0.39, 0.29) is 5.78 Å². The van der Waals surface area contributed by atoms with Crippen molar-refractivity contribution in [3.63, 3.8) is 0 Å². The van der Waals surface area contributed by atoms with Crippen LogP contribution < -0.4 is 0 Å². The zero-order chi connectivity index (χ0) is 18.6. The zero-order valence-electron chi connectivity index (χ0n) is 15.6. The number of fused-ring (bicyclic) bond motifs is 5. The number of benzene rings is 2. The van der Waals surface area contributed by atoms with Gasteiger partial charge >= 0.3 is 0 Å². The van der Waals surface area contributed by atoms with Gasteiger partial charge in [-0.2, -0.15) is 0 Å². The van der Waals surface area contributed by atoms with Crippen molar-refractivity contribution in [2.75, 3.05) is 0 Å². The van der Waals surface area contributed by atoms with E-state index in [2.05, 4.69) is 47.5 Å². The van der Waals surface area contributed by atoms with Gasteiger partial charge in [0.15, 0.2) is 5.78 Å². The van der Waals surface area contributed by atoms with Gasteiger partial charge in [-0.25, -0.2) is 0 Å². The van der Waals surface area contributed by atoms with Crippen LogP contribution in [0.3, 0.4) is 0 Å². The summed E-state index contributed by atoms with van der Waals surface area (Å²) in [6.07, 6.45) is 5.88. The van der Waals surface area contributed by atoms with Gasteiger partial charge in [0.2, 0.25) is 0 Å². The number of carbonyl (C=O) groups excluding carboxylic acids is 1. The molecule has 2 aliphatic rings. The van der Waals surface area contributed by atoms with E-state index < -0.39 is 5.41 Å². The van der Waals surface area contributed by atoms with E-state index in [0.717, 1.165) is 29.7 Å². The van der Waals surface area contributed by atoms with Crippen molar-refractivity contribution in [3.05, 3.63) is 88.7 Å². The van der Waals surface area contributed by atoms with E-state index in [0.29, 0.717) is 0 Å². The second-order valence-corrected chi connectivity index (χ2v) is 7.94. The number of rotatable bonds is 1. The molecular weight excluding hydrogens is 330 g/mol. The number of nitrogens with zero attached hydrogens (tertiary/aromatic N) is 1. The molecule has 2 nitrogen and oxygen atoms in total. The molecule has 0 radical (unpaired) electrons. The SMILES string of the molecule is CC1(C)C(=O)C(c2ccccn2)=Cc2c1ccc1c2CCc2ccccc2-1. The maximum absolute atomic E-state index is 13.3. The molecular formula is C25H21NO. The molecule has 0 saturated carbocycles. The van der Waals surface area contributed by atoms with Gasteiger partial charge in [0.1, 0.15) is 0 Å². The summed E-state index contributed by atoms with van der Waals surface area (Å²) < 4.78 is 0. The van der Waals surface area contributed by atoms with E-state index in [1.165, 1.54) is 27.8 Å². The van der Waals surface area contributed by atoms with Gasteiger partial charge in [-0.3, -0.25) is 9.78 Å².